The Bertz CT molecular complexity index is 194. The van der Waals surface area contributed by atoms with E-state index in [0.29, 0.717) is 18.8 Å². The van der Waals surface area contributed by atoms with Crippen LogP contribution in [0.1, 0.15) is 46.0 Å². The van der Waals surface area contributed by atoms with Crippen LogP contribution in [0.3, 0.4) is 0 Å². The summed E-state index contributed by atoms with van der Waals surface area (Å²) in [4.78, 5) is 20.3. The Morgan fingerprint density at radius 3 is 2.36 bits per heavy atom. The standard InChI is InChI=1S/C12H20O2/c1-11(7-4-9-13)5-3-6-12(2)8-10-14/h6,9-11H,3-5,7-8H2,1-2H3. The molecule has 1 atom stereocenters. The van der Waals surface area contributed by atoms with Crippen molar-refractivity contribution in [1.29, 1.82) is 0 Å². The SMILES string of the molecule is CC(=CCCC(C)CCC=O)CC=O. The van der Waals surface area contributed by atoms with Gasteiger partial charge in [0.25, 0.3) is 0 Å². The van der Waals surface area contributed by atoms with Crippen molar-refractivity contribution in [1.82, 2.24) is 0 Å². The maximum atomic E-state index is 10.2. The van der Waals surface area contributed by atoms with Crippen LogP contribution in [-0.4, -0.2) is 12.6 Å². The summed E-state index contributed by atoms with van der Waals surface area (Å²) in [6.45, 7) is 4.14. The summed E-state index contributed by atoms with van der Waals surface area (Å²) < 4.78 is 0. The molecule has 0 aromatic heterocycles. The first kappa shape index (κ1) is 13.1. The lowest BCUT2D eigenvalue weighted by Gasteiger charge is -2.06. The van der Waals surface area contributed by atoms with E-state index in [9.17, 15) is 9.59 Å². The zero-order chi connectivity index (χ0) is 10.8. The van der Waals surface area contributed by atoms with E-state index in [4.69, 9.17) is 0 Å². The van der Waals surface area contributed by atoms with Crippen molar-refractivity contribution in [3.8, 4) is 0 Å². The molecular weight excluding hydrogens is 176 g/mol. The van der Waals surface area contributed by atoms with E-state index < -0.39 is 0 Å². The largest absolute Gasteiger partial charge is 0.303 e. The molecule has 80 valence electrons. The second-order valence-electron chi connectivity index (χ2n) is 3.85. The van der Waals surface area contributed by atoms with Gasteiger partial charge >= 0.3 is 0 Å². The van der Waals surface area contributed by atoms with Crippen LogP contribution in [0.5, 0.6) is 0 Å². The first-order chi connectivity index (χ1) is 6.70. The van der Waals surface area contributed by atoms with Crippen molar-refractivity contribution in [2.45, 2.75) is 46.0 Å². The van der Waals surface area contributed by atoms with Gasteiger partial charge in [-0.1, -0.05) is 18.6 Å². The molecule has 0 heterocycles. The molecular formula is C12H20O2. The number of carbonyl (C=O) groups is 2. The Balaban J connectivity index is 3.55. The van der Waals surface area contributed by atoms with Crippen LogP contribution in [0.2, 0.25) is 0 Å². The van der Waals surface area contributed by atoms with Gasteiger partial charge in [-0.2, -0.15) is 0 Å². The molecule has 2 heteroatoms. The summed E-state index contributed by atoms with van der Waals surface area (Å²) in [5.41, 5.74) is 1.14. The van der Waals surface area contributed by atoms with E-state index in [1.54, 1.807) is 0 Å². The van der Waals surface area contributed by atoms with Crippen molar-refractivity contribution in [2.75, 3.05) is 0 Å². The molecule has 2 nitrogen and oxygen atoms in total. The first-order valence-corrected chi connectivity index (χ1v) is 5.23. The van der Waals surface area contributed by atoms with Crippen LogP contribution in [0.25, 0.3) is 0 Å². The lowest BCUT2D eigenvalue weighted by atomic mass is 9.99. The van der Waals surface area contributed by atoms with Crippen molar-refractivity contribution >= 4 is 12.6 Å². The Morgan fingerprint density at radius 1 is 1.14 bits per heavy atom. The van der Waals surface area contributed by atoms with Gasteiger partial charge in [0.2, 0.25) is 0 Å². The molecule has 0 radical (unpaired) electrons. The zero-order valence-electron chi connectivity index (χ0n) is 9.16. The van der Waals surface area contributed by atoms with Gasteiger partial charge in [0.05, 0.1) is 0 Å². The fourth-order valence-electron chi connectivity index (χ4n) is 1.33. The molecule has 0 aliphatic rings. The molecule has 0 rings (SSSR count). The maximum absolute atomic E-state index is 10.2. The van der Waals surface area contributed by atoms with Crippen LogP contribution in [0, 0.1) is 5.92 Å². The maximum Gasteiger partial charge on any atom is 0.124 e. The highest BCUT2D eigenvalue weighted by Crippen LogP contribution is 2.13. The Hall–Kier alpha value is -0.920. The summed E-state index contributed by atoms with van der Waals surface area (Å²) in [5.74, 6) is 0.598. The van der Waals surface area contributed by atoms with Crippen molar-refractivity contribution < 1.29 is 9.59 Å². The molecule has 0 aliphatic heterocycles. The molecule has 1 unspecified atom stereocenters. The summed E-state index contributed by atoms with van der Waals surface area (Å²) >= 11 is 0. The van der Waals surface area contributed by atoms with Crippen molar-refractivity contribution in [3.63, 3.8) is 0 Å². The zero-order valence-corrected chi connectivity index (χ0v) is 9.16. The van der Waals surface area contributed by atoms with Gasteiger partial charge in [0.1, 0.15) is 12.6 Å². The van der Waals surface area contributed by atoms with E-state index in [1.807, 2.05) is 6.92 Å². The van der Waals surface area contributed by atoms with Crippen LogP contribution in [0.4, 0.5) is 0 Å². The number of allylic oxidation sites excluding steroid dienone is 2. The average molecular weight is 196 g/mol. The number of carbonyl (C=O) groups excluding carboxylic acids is 2. The molecule has 0 amide bonds. The molecule has 0 spiro atoms. The third kappa shape index (κ3) is 7.71. The van der Waals surface area contributed by atoms with Crippen molar-refractivity contribution in [2.24, 2.45) is 5.92 Å². The predicted octanol–water partition coefficient (Wildman–Crippen LogP) is 2.92. The van der Waals surface area contributed by atoms with Gasteiger partial charge in [-0.05, 0) is 32.1 Å². The third-order valence-corrected chi connectivity index (χ3v) is 2.33. The lowest BCUT2D eigenvalue weighted by molar-refractivity contribution is -0.108. The molecule has 0 N–H and O–H groups in total. The fourth-order valence-corrected chi connectivity index (χ4v) is 1.33. The van der Waals surface area contributed by atoms with Gasteiger partial charge in [0.15, 0.2) is 0 Å². The average Bonchev–Trinajstić information content (AvgIpc) is 2.15. The van der Waals surface area contributed by atoms with E-state index in [0.717, 1.165) is 37.4 Å². The second kappa shape index (κ2) is 8.67. The minimum Gasteiger partial charge on any atom is -0.303 e. The van der Waals surface area contributed by atoms with Gasteiger partial charge in [-0.15, -0.1) is 0 Å². The van der Waals surface area contributed by atoms with Crippen LogP contribution >= 0.6 is 0 Å². The quantitative estimate of drug-likeness (QED) is 0.442. The van der Waals surface area contributed by atoms with Crippen LogP contribution in [-0.2, 0) is 9.59 Å². The number of hydrogen-bond donors (Lipinski definition) is 0. The lowest BCUT2D eigenvalue weighted by Crippen LogP contribution is -1.94. The first-order valence-electron chi connectivity index (χ1n) is 5.23. The Kier molecular flexibility index (Phi) is 8.10. The van der Waals surface area contributed by atoms with Gasteiger partial charge in [-0.3, -0.25) is 0 Å². The number of rotatable bonds is 8. The van der Waals surface area contributed by atoms with Gasteiger partial charge in [0, 0.05) is 12.8 Å². The number of hydrogen-bond acceptors (Lipinski definition) is 2. The number of aldehydes is 2. The summed E-state index contributed by atoms with van der Waals surface area (Å²) in [6.07, 6.45) is 8.33. The molecule has 0 saturated heterocycles. The van der Waals surface area contributed by atoms with Gasteiger partial charge < -0.3 is 9.59 Å². The topological polar surface area (TPSA) is 34.1 Å². The van der Waals surface area contributed by atoms with E-state index in [-0.39, 0.29) is 0 Å². The third-order valence-electron chi connectivity index (χ3n) is 2.33. The minimum atomic E-state index is 0.544. The monoisotopic (exact) mass is 196 g/mol. The van der Waals surface area contributed by atoms with Crippen LogP contribution < -0.4 is 0 Å². The highest BCUT2D eigenvalue weighted by molar-refractivity contribution is 5.53. The highest BCUT2D eigenvalue weighted by atomic mass is 16.1. The summed E-state index contributed by atoms with van der Waals surface area (Å²) in [7, 11) is 0. The summed E-state index contributed by atoms with van der Waals surface area (Å²) in [6, 6.07) is 0. The fraction of sp³-hybridized carbons (Fsp3) is 0.667. The molecule has 0 saturated carbocycles. The predicted molar refractivity (Wildman–Crippen MR) is 58.1 cm³/mol. The molecule has 0 aliphatic carbocycles. The molecule has 0 bridgehead atoms. The van der Waals surface area contributed by atoms with E-state index in [2.05, 4.69) is 13.0 Å². The van der Waals surface area contributed by atoms with E-state index >= 15 is 0 Å². The summed E-state index contributed by atoms with van der Waals surface area (Å²) in [5, 5.41) is 0. The van der Waals surface area contributed by atoms with Crippen molar-refractivity contribution in [3.05, 3.63) is 11.6 Å². The minimum absolute atomic E-state index is 0.544. The Labute approximate surface area is 86.4 Å². The molecule has 0 aromatic carbocycles. The van der Waals surface area contributed by atoms with E-state index in [1.165, 1.54) is 0 Å². The normalized spacial score (nSPS) is 13.7. The van der Waals surface area contributed by atoms with Crippen LogP contribution in [0.15, 0.2) is 11.6 Å². The molecule has 0 aromatic rings. The highest BCUT2D eigenvalue weighted by Gasteiger charge is 1.99. The smallest absolute Gasteiger partial charge is 0.124 e. The Morgan fingerprint density at radius 2 is 1.79 bits per heavy atom. The second-order valence-corrected chi connectivity index (χ2v) is 3.85. The molecule has 14 heavy (non-hydrogen) atoms. The molecule has 0 fully saturated rings. The van der Waals surface area contributed by atoms with Gasteiger partial charge in [-0.25, -0.2) is 0 Å².